The van der Waals surface area contributed by atoms with Crippen LogP contribution >= 0.6 is 11.6 Å². The normalized spacial score (nSPS) is 22.6. The van der Waals surface area contributed by atoms with Gasteiger partial charge in [-0.1, -0.05) is 26.2 Å². The van der Waals surface area contributed by atoms with Crippen molar-refractivity contribution in [2.45, 2.75) is 46.0 Å². The Morgan fingerprint density at radius 1 is 1.30 bits per heavy atom. The van der Waals surface area contributed by atoms with Gasteiger partial charge in [0.25, 0.3) is 0 Å². The summed E-state index contributed by atoms with van der Waals surface area (Å²) >= 11 is 5.85. The number of halogens is 1. The third kappa shape index (κ3) is 4.78. The number of anilines is 1. The van der Waals surface area contributed by atoms with Crippen molar-refractivity contribution in [2.75, 3.05) is 18.5 Å². The zero-order valence-electron chi connectivity index (χ0n) is 12.2. The van der Waals surface area contributed by atoms with Gasteiger partial charge in [-0.15, -0.1) is 0 Å². The van der Waals surface area contributed by atoms with E-state index in [0.29, 0.717) is 12.6 Å². The summed E-state index contributed by atoms with van der Waals surface area (Å²) < 4.78 is 5.25. The van der Waals surface area contributed by atoms with Crippen molar-refractivity contribution in [1.29, 1.82) is 0 Å². The van der Waals surface area contributed by atoms with Crippen molar-refractivity contribution in [1.82, 2.24) is 15.0 Å². The molecule has 1 aromatic heterocycles. The largest absolute Gasteiger partial charge is 0.464 e. The predicted octanol–water partition coefficient (Wildman–Crippen LogP) is 3.55. The summed E-state index contributed by atoms with van der Waals surface area (Å²) in [6.45, 7) is 5.61. The van der Waals surface area contributed by atoms with Crippen LogP contribution in [0.25, 0.3) is 0 Å². The summed E-state index contributed by atoms with van der Waals surface area (Å²) in [5.41, 5.74) is 0. The third-order valence-electron chi connectivity index (χ3n) is 3.74. The molecule has 0 aromatic carbocycles. The monoisotopic (exact) mass is 298 g/mol. The lowest BCUT2D eigenvalue weighted by Crippen LogP contribution is -2.17. The standard InChI is InChI=1S/C14H23ClN4O/c1-3-20-14-18-12(15)17-13(19-14)16-8-7-11-6-4-5-10(2)9-11/h10-11H,3-9H2,1-2H3,(H,16,17,18,19). The highest BCUT2D eigenvalue weighted by Crippen LogP contribution is 2.30. The molecule has 112 valence electrons. The number of hydrogen-bond acceptors (Lipinski definition) is 5. The lowest BCUT2D eigenvalue weighted by atomic mass is 9.81. The first kappa shape index (κ1) is 15.3. The molecule has 0 amide bonds. The first-order valence-corrected chi connectivity index (χ1v) is 7.83. The van der Waals surface area contributed by atoms with Crippen LogP contribution in [0, 0.1) is 11.8 Å². The van der Waals surface area contributed by atoms with E-state index in [0.717, 1.165) is 24.8 Å². The molecule has 0 bridgehead atoms. The number of rotatable bonds is 6. The number of hydrogen-bond donors (Lipinski definition) is 1. The fourth-order valence-corrected chi connectivity index (χ4v) is 2.97. The molecule has 0 spiro atoms. The Kier molecular flexibility index (Phi) is 5.83. The van der Waals surface area contributed by atoms with E-state index < -0.39 is 0 Å². The fraction of sp³-hybridized carbons (Fsp3) is 0.786. The van der Waals surface area contributed by atoms with E-state index in [2.05, 4.69) is 27.2 Å². The molecule has 0 aliphatic heterocycles. The zero-order chi connectivity index (χ0) is 14.4. The highest BCUT2D eigenvalue weighted by molar-refractivity contribution is 6.28. The average molecular weight is 299 g/mol. The molecule has 1 aromatic rings. The molecule has 1 aliphatic rings. The maximum atomic E-state index is 5.85. The smallest absolute Gasteiger partial charge is 0.322 e. The van der Waals surface area contributed by atoms with Crippen molar-refractivity contribution < 1.29 is 4.74 Å². The molecule has 1 N–H and O–H groups in total. The van der Waals surface area contributed by atoms with Crippen LogP contribution in [0.4, 0.5) is 5.95 Å². The van der Waals surface area contributed by atoms with Gasteiger partial charge >= 0.3 is 6.01 Å². The molecule has 1 fully saturated rings. The van der Waals surface area contributed by atoms with Gasteiger partial charge in [-0.05, 0) is 43.2 Å². The van der Waals surface area contributed by atoms with E-state index >= 15 is 0 Å². The summed E-state index contributed by atoms with van der Waals surface area (Å²) in [6.07, 6.45) is 6.57. The minimum Gasteiger partial charge on any atom is -0.464 e. The van der Waals surface area contributed by atoms with Gasteiger partial charge in [0.1, 0.15) is 0 Å². The SMILES string of the molecule is CCOc1nc(Cl)nc(NCCC2CCCC(C)C2)n1. The van der Waals surface area contributed by atoms with Crippen molar-refractivity contribution in [3.63, 3.8) is 0 Å². The molecule has 0 saturated heterocycles. The van der Waals surface area contributed by atoms with E-state index in [-0.39, 0.29) is 11.3 Å². The van der Waals surface area contributed by atoms with Gasteiger partial charge in [-0.25, -0.2) is 0 Å². The highest BCUT2D eigenvalue weighted by Gasteiger charge is 2.18. The topological polar surface area (TPSA) is 59.9 Å². The molecule has 1 aliphatic carbocycles. The van der Waals surface area contributed by atoms with E-state index in [9.17, 15) is 0 Å². The van der Waals surface area contributed by atoms with E-state index in [4.69, 9.17) is 16.3 Å². The Morgan fingerprint density at radius 3 is 2.90 bits per heavy atom. The quantitative estimate of drug-likeness (QED) is 0.870. The summed E-state index contributed by atoms with van der Waals surface area (Å²) in [4.78, 5) is 12.2. The minimum atomic E-state index is 0.164. The average Bonchev–Trinajstić information content (AvgIpc) is 2.38. The predicted molar refractivity (Wildman–Crippen MR) is 80.2 cm³/mol. The fourth-order valence-electron chi connectivity index (χ4n) is 2.81. The van der Waals surface area contributed by atoms with Gasteiger partial charge < -0.3 is 10.1 Å². The molecular weight excluding hydrogens is 276 g/mol. The van der Waals surface area contributed by atoms with E-state index in [1.807, 2.05) is 6.92 Å². The zero-order valence-corrected chi connectivity index (χ0v) is 13.0. The van der Waals surface area contributed by atoms with Gasteiger partial charge in [-0.3, -0.25) is 0 Å². The molecule has 0 radical (unpaired) electrons. The van der Waals surface area contributed by atoms with E-state index in [1.165, 1.54) is 25.7 Å². The lowest BCUT2D eigenvalue weighted by Gasteiger charge is -2.26. The summed E-state index contributed by atoms with van der Waals surface area (Å²) in [6, 6.07) is 0.279. The number of ether oxygens (including phenoxy) is 1. The Hall–Kier alpha value is -1.10. The molecule has 1 saturated carbocycles. The van der Waals surface area contributed by atoms with Gasteiger partial charge in [0.15, 0.2) is 0 Å². The Balaban J connectivity index is 1.81. The van der Waals surface area contributed by atoms with Crippen molar-refractivity contribution in [3.8, 4) is 6.01 Å². The molecule has 1 heterocycles. The van der Waals surface area contributed by atoms with Crippen LogP contribution in [-0.2, 0) is 0 Å². The minimum absolute atomic E-state index is 0.164. The van der Waals surface area contributed by atoms with E-state index in [1.54, 1.807) is 0 Å². The second kappa shape index (κ2) is 7.62. The maximum Gasteiger partial charge on any atom is 0.322 e. The van der Waals surface area contributed by atoms with Gasteiger partial charge in [0.05, 0.1) is 6.61 Å². The maximum absolute atomic E-state index is 5.85. The van der Waals surface area contributed by atoms with Gasteiger partial charge in [-0.2, -0.15) is 15.0 Å². The van der Waals surface area contributed by atoms with Gasteiger partial charge in [0.2, 0.25) is 11.2 Å². The van der Waals surface area contributed by atoms with Crippen LogP contribution in [0.5, 0.6) is 6.01 Å². The molecule has 2 atom stereocenters. The van der Waals surface area contributed by atoms with Crippen LogP contribution in [0.3, 0.4) is 0 Å². The Bertz CT molecular complexity index is 430. The molecule has 20 heavy (non-hydrogen) atoms. The van der Waals surface area contributed by atoms with Crippen LogP contribution in [0.1, 0.15) is 46.0 Å². The molecule has 6 heteroatoms. The highest BCUT2D eigenvalue weighted by atomic mass is 35.5. The number of nitrogens with one attached hydrogen (secondary N) is 1. The first-order valence-electron chi connectivity index (χ1n) is 7.45. The van der Waals surface area contributed by atoms with Crippen molar-refractivity contribution >= 4 is 17.5 Å². The first-order chi connectivity index (χ1) is 9.67. The third-order valence-corrected chi connectivity index (χ3v) is 3.91. The van der Waals surface area contributed by atoms with Crippen LogP contribution in [0.15, 0.2) is 0 Å². The van der Waals surface area contributed by atoms with Gasteiger partial charge in [0, 0.05) is 6.54 Å². The summed E-state index contributed by atoms with van der Waals surface area (Å²) in [5.74, 6) is 2.18. The van der Waals surface area contributed by atoms with Crippen LogP contribution in [0.2, 0.25) is 5.28 Å². The summed E-state index contributed by atoms with van der Waals surface area (Å²) in [5, 5.41) is 3.38. The Labute approximate surface area is 125 Å². The molecule has 2 unspecified atom stereocenters. The van der Waals surface area contributed by atoms with Crippen LogP contribution in [-0.4, -0.2) is 28.1 Å². The second-order valence-electron chi connectivity index (χ2n) is 5.50. The molecular formula is C14H23ClN4O. The lowest BCUT2D eigenvalue weighted by molar-refractivity contribution is 0.274. The van der Waals surface area contributed by atoms with Crippen molar-refractivity contribution in [2.24, 2.45) is 11.8 Å². The molecule has 5 nitrogen and oxygen atoms in total. The number of nitrogens with zero attached hydrogens (tertiary/aromatic N) is 3. The summed E-state index contributed by atoms with van der Waals surface area (Å²) in [7, 11) is 0. The number of aromatic nitrogens is 3. The second-order valence-corrected chi connectivity index (χ2v) is 5.83. The van der Waals surface area contributed by atoms with Crippen LogP contribution < -0.4 is 10.1 Å². The van der Waals surface area contributed by atoms with Crippen molar-refractivity contribution in [3.05, 3.63) is 5.28 Å². The Morgan fingerprint density at radius 2 is 2.15 bits per heavy atom. The molecule has 2 rings (SSSR count).